The van der Waals surface area contributed by atoms with E-state index in [4.69, 9.17) is 0 Å². The molecular formula is C19H25N. The molecule has 1 heteroatoms. The van der Waals surface area contributed by atoms with Crippen LogP contribution in [0.1, 0.15) is 37.8 Å². The Labute approximate surface area is 123 Å². The average molecular weight is 267 g/mol. The summed E-state index contributed by atoms with van der Waals surface area (Å²) in [7, 11) is 0. The number of nitrogens with one attached hydrogen (secondary N) is 1. The van der Waals surface area contributed by atoms with Gasteiger partial charge in [-0.3, -0.25) is 0 Å². The Hall–Kier alpha value is -1.60. The van der Waals surface area contributed by atoms with Crippen molar-refractivity contribution in [1.29, 1.82) is 0 Å². The molecule has 0 fully saturated rings. The summed E-state index contributed by atoms with van der Waals surface area (Å²) in [5.74, 6) is 0. The third kappa shape index (κ3) is 3.94. The van der Waals surface area contributed by atoms with Crippen LogP contribution in [0.2, 0.25) is 0 Å². The lowest BCUT2D eigenvalue weighted by molar-refractivity contribution is 0.676. The average Bonchev–Trinajstić information content (AvgIpc) is 2.49. The molecule has 0 aliphatic heterocycles. The molecule has 2 aromatic carbocycles. The van der Waals surface area contributed by atoms with Gasteiger partial charge in [-0.25, -0.2) is 0 Å². The van der Waals surface area contributed by atoms with Crippen LogP contribution in [0.25, 0.3) is 11.1 Å². The normalized spacial score (nSPS) is 10.7. The zero-order valence-electron chi connectivity index (χ0n) is 12.7. The van der Waals surface area contributed by atoms with Gasteiger partial charge in [0.2, 0.25) is 0 Å². The summed E-state index contributed by atoms with van der Waals surface area (Å²) in [6.45, 7) is 6.44. The van der Waals surface area contributed by atoms with Gasteiger partial charge in [0, 0.05) is 6.54 Å². The molecule has 0 aromatic heterocycles. The summed E-state index contributed by atoms with van der Waals surface area (Å²) in [5, 5.41) is 3.49. The third-order valence-electron chi connectivity index (χ3n) is 3.56. The fourth-order valence-corrected chi connectivity index (χ4v) is 2.50. The predicted molar refractivity (Wildman–Crippen MR) is 87.9 cm³/mol. The molecule has 0 saturated heterocycles. The highest BCUT2D eigenvalue weighted by molar-refractivity contribution is 5.67. The third-order valence-corrected chi connectivity index (χ3v) is 3.56. The van der Waals surface area contributed by atoms with E-state index in [9.17, 15) is 0 Å². The molecule has 0 saturated carbocycles. The van der Waals surface area contributed by atoms with Gasteiger partial charge in [0.1, 0.15) is 0 Å². The molecule has 0 aliphatic carbocycles. The maximum atomic E-state index is 3.49. The summed E-state index contributed by atoms with van der Waals surface area (Å²) in [5.41, 5.74) is 5.47. The van der Waals surface area contributed by atoms with Crippen molar-refractivity contribution in [3.05, 3.63) is 59.7 Å². The molecule has 0 unspecified atom stereocenters. The zero-order chi connectivity index (χ0) is 14.2. The Kier molecular flexibility index (Phi) is 5.82. The summed E-state index contributed by atoms with van der Waals surface area (Å²) in [6.07, 6.45) is 3.55. The fraction of sp³-hybridized carbons (Fsp3) is 0.368. The molecule has 0 atom stereocenters. The van der Waals surface area contributed by atoms with E-state index in [0.29, 0.717) is 0 Å². The van der Waals surface area contributed by atoms with E-state index in [2.05, 4.69) is 67.7 Å². The van der Waals surface area contributed by atoms with Crippen molar-refractivity contribution in [2.75, 3.05) is 6.54 Å². The highest BCUT2D eigenvalue weighted by Crippen LogP contribution is 2.24. The monoisotopic (exact) mass is 267 g/mol. The van der Waals surface area contributed by atoms with Crippen LogP contribution in [0.15, 0.2) is 48.5 Å². The van der Waals surface area contributed by atoms with Gasteiger partial charge in [-0.2, -0.15) is 0 Å². The first-order valence-electron chi connectivity index (χ1n) is 7.73. The molecule has 0 spiro atoms. The SMILES string of the molecule is CCCNCc1ccccc1-c1ccc(CCC)cc1. The Morgan fingerprint density at radius 2 is 1.60 bits per heavy atom. The number of hydrogen-bond acceptors (Lipinski definition) is 1. The first-order valence-corrected chi connectivity index (χ1v) is 7.73. The number of benzene rings is 2. The van der Waals surface area contributed by atoms with Gasteiger partial charge in [-0.05, 0) is 41.6 Å². The summed E-state index contributed by atoms with van der Waals surface area (Å²) in [4.78, 5) is 0. The van der Waals surface area contributed by atoms with Crippen LogP contribution in [0.3, 0.4) is 0 Å². The van der Waals surface area contributed by atoms with Crippen LogP contribution in [-0.2, 0) is 13.0 Å². The lowest BCUT2D eigenvalue weighted by atomic mass is 9.98. The van der Waals surface area contributed by atoms with E-state index in [1.807, 2.05) is 0 Å². The van der Waals surface area contributed by atoms with E-state index in [-0.39, 0.29) is 0 Å². The summed E-state index contributed by atoms with van der Waals surface area (Å²) in [6, 6.07) is 17.7. The molecule has 0 amide bonds. The van der Waals surface area contributed by atoms with Crippen LogP contribution >= 0.6 is 0 Å². The van der Waals surface area contributed by atoms with Gasteiger partial charge in [-0.1, -0.05) is 68.8 Å². The second-order valence-corrected chi connectivity index (χ2v) is 5.28. The van der Waals surface area contributed by atoms with Gasteiger partial charge in [0.05, 0.1) is 0 Å². The van der Waals surface area contributed by atoms with Crippen molar-refractivity contribution in [3.8, 4) is 11.1 Å². The van der Waals surface area contributed by atoms with Crippen LogP contribution < -0.4 is 5.32 Å². The van der Waals surface area contributed by atoms with Crippen LogP contribution in [0, 0.1) is 0 Å². The maximum Gasteiger partial charge on any atom is 0.0211 e. The smallest absolute Gasteiger partial charge is 0.0211 e. The molecule has 2 aromatic rings. The standard InChI is InChI=1S/C19H25N/c1-3-7-16-10-12-17(13-11-16)19-9-6-5-8-18(19)15-20-14-4-2/h5-6,8-13,20H,3-4,7,14-15H2,1-2H3. The van der Waals surface area contributed by atoms with E-state index in [1.165, 1.54) is 41.5 Å². The van der Waals surface area contributed by atoms with Crippen molar-refractivity contribution < 1.29 is 0 Å². The number of aryl methyl sites for hydroxylation is 1. The Morgan fingerprint density at radius 3 is 2.30 bits per heavy atom. The molecule has 0 heterocycles. The lowest BCUT2D eigenvalue weighted by Crippen LogP contribution is -2.14. The van der Waals surface area contributed by atoms with E-state index < -0.39 is 0 Å². The molecule has 0 aliphatic rings. The van der Waals surface area contributed by atoms with Gasteiger partial charge < -0.3 is 5.32 Å². The second kappa shape index (κ2) is 7.86. The van der Waals surface area contributed by atoms with Gasteiger partial charge in [-0.15, -0.1) is 0 Å². The second-order valence-electron chi connectivity index (χ2n) is 5.28. The van der Waals surface area contributed by atoms with Gasteiger partial charge in [0.25, 0.3) is 0 Å². The van der Waals surface area contributed by atoms with Gasteiger partial charge in [0.15, 0.2) is 0 Å². The molecule has 1 N–H and O–H groups in total. The van der Waals surface area contributed by atoms with Crippen LogP contribution in [0.5, 0.6) is 0 Å². The van der Waals surface area contributed by atoms with E-state index >= 15 is 0 Å². The minimum absolute atomic E-state index is 0.945. The predicted octanol–water partition coefficient (Wildman–Crippen LogP) is 4.81. The summed E-state index contributed by atoms with van der Waals surface area (Å²) < 4.78 is 0. The van der Waals surface area contributed by atoms with Crippen molar-refractivity contribution in [2.24, 2.45) is 0 Å². The molecule has 20 heavy (non-hydrogen) atoms. The van der Waals surface area contributed by atoms with E-state index in [0.717, 1.165) is 13.1 Å². The molecule has 1 nitrogen and oxygen atoms in total. The first-order chi connectivity index (χ1) is 9.85. The highest BCUT2D eigenvalue weighted by atomic mass is 14.8. The highest BCUT2D eigenvalue weighted by Gasteiger charge is 2.04. The first kappa shape index (κ1) is 14.8. The van der Waals surface area contributed by atoms with Crippen molar-refractivity contribution >= 4 is 0 Å². The van der Waals surface area contributed by atoms with Crippen molar-refractivity contribution in [1.82, 2.24) is 5.32 Å². The molecule has 106 valence electrons. The van der Waals surface area contributed by atoms with Crippen LogP contribution in [0.4, 0.5) is 0 Å². The Balaban J connectivity index is 2.18. The van der Waals surface area contributed by atoms with E-state index in [1.54, 1.807) is 0 Å². The van der Waals surface area contributed by atoms with Crippen molar-refractivity contribution in [2.45, 2.75) is 39.7 Å². The topological polar surface area (TPSA) is 12.0 Å². The Bertz CT molecular complexity index is 514. The number of rotatable bonds is 7. The molecule has 0 radical (unpaired) electrons. The van der Waals surface area contributed by atoms with Gasteiger partial charge >= 0.3 is 0 Å². The molecule has 0 bridgehead atoms. The summed E-state index contributed by atoms with van der Waals surface area (Å²) >= 11 is 0. The zero-order valence-corrected chi connectivity index (χ0v) is 12.7. The largest absolute Gasteiger partial charge is 0.313 e. The minimum Gasteiger partial charge on any atom is -0.313 e. The maximum absolute atomic E-state index is 3.49. The minimum atomic E-state index is 0.945. The van der Waals surface area contributed by atoms with Crippen molar-refractivity contribution in [3.63, 3.8) is 0 Å². The fourth-order valence-electron chi connectivity index (χ4n) is 2.50. The van der Waals surface area contributed by atoms with Crippen LogP contribution in [-0.4, -0.2) is 6.54 Å². The molecule has 2 rings (SSSR count). The Morgan fingerprint density at radius 1 is 0.850 bits per heavy atom. The quantitative estimate of drug-likeness (QED) is 0.710. The number of hydrogen-bond donors (Lipinski definition) is 1. The lowest BCUT2D eigenvalue weighted by Gasteiger charge is -2.11. The molecular weight excluding hydrogens is 242 g/mol.